The van der Waals surface area contributed by atoms with Gasteiger partial charge in [-0.05, 0) is 43.0 Å². The lowest BCUT2D eigenvalue weighted by molar-refractivity contribution is 0.0169. The Morgan fingerprint density at radius 1 is 1.14 bits per heavy atom. The van der Waals surface area contributed by atoms with Crippen LogP contribution in [-0.2, 0) is 4.74 Å². The summed E-state index contributed by atoms with van der Waals surface area (Å²) in [5.41, 5.74) is 1.07. The van der Waals surface area contributed by atoms with Gasteiger partial charge in [-0.1, -0.05) is 24.7 Å². The normalized spacial score (nSPS) is 21.1. The van der Waals surface area contributed by atoms with Crippen LogP contribution in [0.3, 0.4) is 0 Å². The van der Waals surface area contributed by atoms with Crippen LogP contribution < -0.4 is 4.74 Å². The Morgan fingerprint density at radius 3 is 2.45 bits per heavy atom. The van der Waals surface area contributed by atoms with Gasteiger partial charge >= 0.3 is 0 Å². The van der Waals surface area contributed by atoms with Crippen molar-refractivity contribution in [3.8, 4) is 17.6 Å². The predicted molar refractivity (Wildman–Crippen MR) is 88.0 cm³/mol. The molecule has 1 heterocycles. The largest absolute Gasteiger partial charge is 0.497 e. The number of methoxy groups -OCH3 is 1. The lowest BCUT2D eigenvalue weighted by atomic mass is 9.96. The third-order valence-corrected chi connectivity index (χ3v) is 4.74. The summed E-state index contributed by atoms with van der Waals surface area (Å²) >= 11 is 0. The maximum Gasteiger partial charge on any atom is 0.118 e. The zero-order chi connectivity index (χ0) is 15.2. The lowest BCUT2D eigenvalue weighted by Gasteiger charge is -2.34. The molecular formula is C19H25NO2. The Labute approximate surface area is 133 Å². The predicted octanol–water partition coefficient (Wildman–Crippen LogP) is 2.94. The molecule has 0 bridgehead atoms. The number of hydrogen-bond donors (Lipinski definition) is 0. The standard InChI is InChI=1S/C19H25NO2/c1-21-18-9-6-16(7-10-18)8-11-19(17-4-2-3-5-17)20-12-14-22-15-13-20/h6-7,9-10,17,19H,2-5,12-15H2,1H3. The first-order valence-corrected chi connectivity index (χ1v) is 8.34. The van der Waals surface area contributed by atoms with Crippen LogP contribution in [0.2, 0.25) is 0 Å². The maximum absolute atomic E-state index is 5.50. The Morgan fingerprint density at radius 2 is 1.82 bits per heavy atom. The third-order valence-electron chi connectivity index (χ3n) is 4.74. The fourth-order valence-electron chi connectivity index (χ4n) is 3.47. The molecule has 1 aromatic rings. The molecule has 2 fully saturated rings. The summed E-state index contributed by atoms with van der Waals surface area (Å²) in [7, 11) is 1.69. The van der Waals surface area contributed by atoms with Crippen LogP contribution in [0.5, 0.6) is 5.75 Å². The number of benzene rings is 1. The van der Waals surface area contributed by atoms with E-state index >= 15 is 0 Å². The lowest BCUT2D eigenvalue weighted by Crippen LogP contribution is -2.45. The summed E-state index contributed by atoms with van der Waals surface area (Å²) < 4.78 is 10.7. The highest BCUT2D eigenvalue weighted by atomic mass is 16.5. The van der Waals surface area contributed by atoms with Gasteiger partial charge in [0.15, 0.2) is 0 Å². The molecule has 3 rings (SSSR count). The summed E-state index contributed by atoms with van der Waals surface area (Å²) in [6, 6.07) is 8.41. The fraction of sp³-hybridized carbons (Fsp3) is 0.579. The maximum atomic E-state index is 5.50. The first-order valence-electron chi connectivity index (χ1n) is 8.34. The van der Waals surface area contributed by atoms with Crippen molar-refractivity contribution in [3.63, 3.8) is 0 Å². The van der Waals surface area contributed by atoms with Crippen molar-refractivity contribution in [2.75, 3.05) is 33.4 Å². The number of nitrogens with zero attached hydrogens (tertiary/aromatic N) is 1. The molecule has 22 heavy (non-hydrogen) atoms. The van der Waals surface area contributed by atoms with E-state index in [4.69, 9.17) is 9.47 Å². The molecule has 3 heteroatoms. The molecule has 0 aromatic heterocycles. The molecule has 1 saturated heterocycles. The van der Waals surface area contributed by atoms with Gasteiger partial charge in [-0.2, -0.15) is 0 Å². The Balaban J connectivity index is 1.75. The van der Waals surface area contributed by atoms with Gasteiger partial charge in [0.2, 0.25) is 0 Å². The Kier molecular flexibility index (Phi) is 5.37. The van der Waals surface area contributed by atoms with E-state index in [0.29, 0.717) is 6.04 Å². The number of ether oxygens (including phenoxy) is 2. The highest BCUT2D eigenvalue weighted by Crippen LogP contribution is 2.30. The first-order chi connectivity index (χ1) is 10.9. The van der Waals surface area contributed by atoms with Gasteiger partial charge in [0.1, 0.15) is 5.75 Å². The molecule has 118 valence electrons. The molecule has 0 amide bonds. The minimum absolute atomic E-state index is 0.383. The van der Waals surface area contributed by atoms with Gasteiger partial charge in [0.25, 0.3) is 0 Å². The van der Waals surface area contributed by atoms with Crippen LogP contribution in [0.1, 0.15) is 31.2 Å². The van der Waals surface area contributed by atoms with E-state index in [1.54, 1.807) is 7.11 Å². The summed E-state index contributed by atoms with van der Waals surface area (Å²) in [5.74, 6) is 8.55. The SMILES string of the molecule is COc1ccc(C#CC(C2CCCC2)N2CCOCC2)cc1. The van der Waals surface area contributed by atoms with Crippen LogP contribution in [0, 0.1) is 17.8 Å². The van der Waals surface area contributed by atoms with E-state index in [1.165, 1.54) is 25.7 Å². The molecule has 0 radical (unpaired) electrons. The summed E-state index contributed by atoms with van der Waals surface area (Å²) in [4.78, 5) is 2.52. The van der Waals surface area contributed by atoms with Gasteiger partial charge in [0, 0.05) is 18.7 Å². The average Bonchev–Trinajstić information content (AvgIpc) is 3.11. The van der Waals surface area contributed by atoms with Crippen molar-refractivity contribution in [3.05, 3.63) is 29.8 Å². The molecule has 1 unspecified atom stereocenters. The van der Waals surface area contributed by atoms with Crippen molar-refractivity contribution >= 4 is 0 Å². The van der Waals surface area contributed by atoms with Crippen LogP contribution in [0.4, 0.5) is 0 Å². The second-order valence-corrected chi connectivity index (χ2v) is 6.14. The third kappa shape index (κ3) is 3.82. The number of rotatable bonds is 3. The number of morpholine rings is 1. The fourth-order valence-corrected chi connectivity index (χ4v) is 3.47. The zero-order valence-electron chi connectivity index (χ0n) is 13.4. The van der Waals surface area contributed by atoms with E-state index in [-0.39, 0.29) is 0 Å². The van der Waals surface area contributed by atoms with Gasteiger partial charge in [-0.3, -0.25) is 4.90 Å². The minimum atomic E-state index is 0.383. The van der Waals surface area contributed by atoms with Crippen molar-refractivity contribution in [1.82, 2.24) is 4.90 Å². The molecule has 1 saturated carbocycles. The van der Waals surface area contributed by atoms with E-state index in [1.807, 2.05) is 24.3 Å². The highest BCUT2D eigenvalue weighted by molar-refractivity contribution is 5.39. The quantitative estimate of drug-likeness (QED) is 0.801. The molecule has 2 aliphatic rings. The molecule has 1 aliphatic carbocycles. The molecule has 1 aliphatic heterocycles. The van der Waals surface area contributed by atoms with Crippen LogP contribution in [0.25, 0.3) is 0 Å². The monoisotopic (exact) mass is 299 g/mol. The minimum Gasteiger partial charge on any atom is -0.497 e. The zero-order valence-corrected chi connectivity index (χ0v) is 13.4. The molecule has 1 atom stereocenters. The van der Waals surface area contributed by atoms with Crippen LogP contribution >= 0.6 is 0 Å². The molecule has 3 nitrogen and oxygen atoms in total. The van der Waals surface area contributed by atoms with Crippen molar-refractivity contribution < 1.29 is 9.47 Å². The molecular weight excluding hydrogens is 274 g/mol. The molecule has 1 aromatic carbocycles. The van der Waals surface area contributed by atoms with E-state index < -0.39 is 0 Å². The highest BCUT2D eigenvalue weighted by Gasteiger charge is 2.29. The van der Waals surface area contributed by atoms with Crippen molar-refractivity contribution in [2.24, 2.45) is 5.92 Å². The van der Waals surface area contributed by atoms with Crippen LogP contribution in [0.15, 0.2) is 24.3 Å². The first kappa shape index (κ1) is 15.4. The van der Waals surface area contributed by atoms with Gasteiger partial charge in [-0.25, -0.2) is 0 Å². The summed E-state index contributed by atoms with van der Waals surface area (Å²) in [6.45, 7) is 3.71. The number of hydrogen-bond acceptors (Lipinski definition) is 3. The van der Waals surface area contributed by atoms with E-state index in [2.05, 4.69) is 16.7 Å². The second-order valence-electron chi connectivity index (χ2n) is 6.14. The topological polar surface area (TPSA) is 21.7 Å². The molecule has 0 N–H and O–H groups in total. The van der Waals surface area contributed by atoms with Crippen LogP contribution in [-0.4, -0.2) is 44.4 Å². The van der Waals surface area contributed by atoms with Crippen molar-refractivity contribution in [1.29, 1.82) is 0 Å². The van der Waals surface area contributed by atoms with E-state index in [9.17, 15) is 0 Å². The molecule has 0 spiro atoms. The van der Waals surface area contributed by atoms with Gasteiger partial charge in [0.05, 0.1) is 26.4 Å². The summed E-state index contributed by atoms with van der Waals surface area (Å²) in [6.07, 6.45) is 5.35. The van der Waals surface area contributed by atoms with Crippen molar-refractivity contribution in [2.45, 2.75) is 31.7 Å². The Bertz CT molecular complexity index is 517. The van der Waals surface area contributed by atoms with E-state index in [0.717, 1.165) is 43.5 Å². The average molecular weight is 299 g/mol. The smallest absolute Gasteiger partial charge is 0.118 e. The second kappa shape index (κ2) is 7.67. The van der Waals surface area contributed by atoms with Gasteiger partial charge < -0.3 is 9.47 Å². The van der Waals surface area contributed by atoms with Gasteiger partial charge in [-0.15, -0.1) is 0 Å². The Hall–Kier alpha value is -1.50. The summed E-state index contributed by atoms with van der Waals surface area (Å²) in [5, 5.41) is 0.